The first kappa shape index (κ1) is 26.4. The largest absolute Gasteiger partial charge is 0.442 e. The number of sulfone groups is 1. The van der Waals surface area contributed by atoms with Gasteiger partial charge >= 0.3 is 18.2 Å². The van der Waals surface area contributed by atoms with E-state index in [0.29, 0.717) is 23.3 Å². The second kappa shape index (κ2) is 11.0. The number of nitrogens with zero attached hydrogens (tertiary/aromatic N) is 2. The SMILES string of the molecule is CCC(=O)OCOC(=O)N(CC1CN(c2ccc(C3CCS(=O)(=O)CC3)c(F)c2)C(=O)O1)C(C)=O. The summed E-state index contributed by atoms with van der Waals surface area (Å²) < 4.78 is 52.8. The van der Waals surface area contributed by atoms with E-state index in [1.807, 2.05) is 0 Å². The lowest BCUT2D eigenvalue weighted by Crippen LogP contribution is -2.42. The fourth-order valence-corrected chi connectivity index (χ4v) is 5.40. The van der Waals surface area contributed by atoms with E-state index in [4.69, 9.17) is 9.47 Å². The Bertz CT molecular complexity index is 1090. The maximum Gasteiger partial charge on any atom is 0.419 e. The molecular formula is C22H27FN2O9S. The third kappa shape index (κ3) is 6.68. The topological polar surface area (TPSA) is 137 Å². The summed E-state index contributed by atoms with van der Waals surface area (Å²) in [6.45, 7) is 1.66. The summed E-state index contributed by atoms with van der Waals surface area (Å²) in [6, 6.07) is 4.26. The molecule has 0 radical (unpaired) electrons. The molecule has 2 aliphatic rings. The van der Waals surface area contributed by atoms with Crippen molar-refractivity contribution in [2.24, 2.45) is 0 Å². The summed E-state index contributed by atoms with van der Waals surface area (Å²) in [7, 11) is -3.08. The zero-order valence-corrected chi connectivity index (χ0v) is 20.2. The van der Waals surface area contributed by atoms with Gasteiger partial charge in [0.1, 0.15) is 21.8 Å². The van der Waals surface area contributed by atoms with Crippen LogP contribution in [-0.4, -0.2) is 74.9 Å². The monoisotopic (exact) mass is 514 g/mol. The first-order valence-corrected chi connectivity index (χ1v) is 12.9. The van der Waals surface area contributed by atoms with Crippen LogP contribution in [0.5, 0.6) is 0 Å². The van der Waals surface area contributed by atoms with E-state index < -0.39 is 52.6 Å². The van der Waals surface area contributed by atoms with Crippen LogP contribution in [0.1, 0.15) is 44.6 Å². The number of anilines is 1. The Morgan fingerprint density at radius 2 is 1.89 bits per heavy atom. The van der Waals surface area contributed by atoms with E-state index in [1.165, 1.54) is 17.0 Å². The van der Waals surface area contributed by atoms with Gasteiger partial charge in [0, 0.05) is 13.3 Å². The molecule has 1 atom stereocenters. The Hall–Kier alpha value is -3.22. The number of ether oxygens (including phenoxy) is 3. The number of rotatable bonds is 7. The van der Waals surface area contributed by atoms with E-state index in [-0.39, 0.29) is 42.6 Å². The Morgan fingerprint density at radius 3 is 2.49 bits per heavy atom. The molecule has 2 saturated heterocycles. The molecule has 0 N–H and O–H groups in total. The Morgan fingerprint density at radius 1 is 1.20 bits per heavy atom. The lowest BCUT2D eigenvalue weighted by molar-refractivity contribution is -0.152. The molecule has 2 aliphatic heterocycles. The van der Waals surface area contributed by atoms with Crippen molar-refractivity contribution in [1.82, 2.24) is 4.90 Å². The molecule has 0 spiro atoms. The predicted octanol–water partition coefficient (Wildman–Crippen LogP) is 2.34. The number of halogens is 1. The van der Waals surface area contributed by atoms with Gasteiger partial charge in [-0.25, -0.2) is 27.3 Å². The van der Waals surface area contributed by atoms with Crippen molar-refractivity contribution in [2.75, 3.05) is 36.3 Å². The van der Waals surface area contributed by atoms with Gasteiger partial charge in [-0.05, 0) is 36.5 Å². The van der Waals surface area contributed by atoms with Gasteiger partial charge in [-0.1, -0.05) is 13.0 Å². The smallest absolute Gasteiger partial charge is 0.419 e. The fraction of sp³-hybridized carbons (Fsp3) is 0.545. The van der Waals surface area contributed by atoms with Crippen LogP contribution < -0.4 is 4.90 Å². The second-order valence-electron chi connectivity index (χ2n) is 8.28. The number of benzene rings is 1. The lowest BCUT2D eigenvalue weighted by atomic mass is 9.93. The van der Waals surface area contributed by atoms with E-state index in [1.54, 1.807) is 13.0 Å². The average molecular weight is 515 g/mol. The Balaban J connectivity index is 1.62. The summed E-state index contributed by atoms with van der Waals surface area (Å²) in [5.41, 5.74) is 0.618. The van der Waals surface area contributed by atoms with Gasteiger partial charge in [0.25, 0.3) is 0 Å². The zero-order valence-electron chi connectivity index (χ0n) is 19.4. The third-order valence-electron chi connectivity index (χ3n) is 5.84. The zero-order chi connectivity index (χ0) is 25.8. The minimum Gasteiger partial charge on any atom is -0.442 e. The van der Waals surface area contributed by atoms with Gasteiger partial charge in [-0.15, -0.1) is 0 Å². The number of cyclic esters (lactones) is 1. The minimum atomic E-state index is -3.08. The highest BCUT2D eigenvalue weighted by atomic mass is 32.2. The van der Waals surface area contributed by atoms with Crippen molar-refractivity contribution in [3.63, 3.8) is 0 Å². The quantitative estimate of drug-likeness (QED) is 0.397. The number of hydrogen-bond donors (Lipinski definition) is 0. The van der Waals surface area contributed by atoms with Crippen molar-refractivity contribution in [1.29, 1.82) is 0 Å². The number of carbonyl (C=O) groups excluding carboxylic acids is 4. The normalized spacial score (nSPS) is 19.7. The molecule has 2 fully saturated rings. The number of amides is 3. The van der Waals surface area contributed by atoms with Crippen LogP contribution in [0.2, 0.25) is 0 Å². The van der Waals surface area contributed by atoms with Crippen molar-refractivity contribution in [2.45, 2.75) is 45.1 Å². The van der Waals surface area contributed by atoms with Gasteiger partial charge in [0.05, 0.1) is 30.3 Å². The van der Waals surface area contributed by atoms with Gasteiger partial charge < -0.3 is 14.2 Å². The third-order valence-corrected chi connectivity index (χ3v) is 7.56. The van der Waals surface area contributed by atoms with Crippen LogP contribution >= 0.6 is 0 Å². The number of esters is 1. The summed E-state index contributed by atoms with van der Waals surface area (Å²) in [5.74, 6) is -2.02. The Labute approximate surface area is 202 Å². The minimum absolute atomic E-state index is 0.00904. The average Bonchev–Trinajstić information content (AvgIpc) is 3.17. The van der Waals surface area contributed by atoms with Gasteiger partial charge in [0.2, 0.25) is 12.7 Å². The molecule has 0 aliphatic carbocycles. The molecule has 1 aromatic carbocycles. The molecule has 1 unspecified atom stereocenters. The number of carbonyl (C=O) groups is 4. The highest BCUT2D eigenvalue weighted by molar-refractivity contribution is 7.91. The molecule has 2 heterocycles. The van der Waals surface area contributed by atoms with Crippen LogP contribution in [0.15, 0.2) is 18.2 Å². The molecule has 0 aromatic heterocycles. The number of imide groups is 1. The highest BCUT2D eigenvalue weighted by Crippen LogP contribution is 2.33. The molecule has 0 saturated carbocycles. The van der Waals surface area contributed by atoms with Crippen LogP contribution in [0.25, 0.3) is 0 Å². The molecule has 3 amide bonds. The van der Waals surface area contributed by atoms with Gasteiger partial charge in [-0.3, -0.25) is 14.5 Å². The molecule has 192 valence electrons. The summed E-state index contributed by atoms with van der Waals surface area (Å²) >= 11 is 0. The van der Waals surface area contributed by atoms with E-state index in [2.05, 4.69) is 4.74 Å². The standard InChI is InChI=1S/C22H27FN2O9S/c1-3-20(27)32-13-33-21(28)24(14(2)26)11-17-12-25(22(29)34-17)16-4-5-18(19(23)10-16)15-6-8-35(30,31)9-7-15/h4-5,10,15,17H,3,6-9,11-13H2,1-2H3. The Kier molecular flexibility index (Phi) is 8.30. The van der Waals surface area contributed by atoms with Crippen molar-refractivity contribution in [3.05, 3.63) is 29.6 Å². The van der Waals surface area contributed by atoms with Crippen molar-refractivity contribution < 1.29 is 46.2 Å². The molecule has 11 nitrogen and oxygen atoms in total. The number of hydrogen-bond acceptors (Lipinski definition) is 9. The van der Waals surface area contributed by atoms with Crippen LogP contribution in [0, 0.1) is 5.82 Å². The lowest BCUT2D eigenvalue weighted by Gasteiger charge is -2.23. The van der Waals surface area contributed by atoms with Gasteiger partial charge in [-0.2, -0.15) is 0 Å². The first-order chi connectivity index (χ1) is 16.5. The van der Waals surface area contributed by atoms with Crippen molar-refractivity contribution in [3.8, 4) is 0 Å². The predicted molar refractivity (Wildman–Crippen MR) is 120 cm³/mol. The molecule has 0 bridgehead atoms. The molecule has 35 heavy (non-hydrogen) atoms. The first-order valence-electron chi connectivity index (χ1n) is 11.1. The van der Waals surface area contributed by atoms with E-state index in [0.717, 1.165) is 6.92 Å². The van der Waals surface area contributed by atoms with E-state index in [9.17, 15) is 32.0 Å². The second-order valence-corrected chi connectivity index (χ2v) is 10.6. The maximum absolute atomic E-state index is 14.8. The maximum atomic E-state index is 14.8. The molecule has 13 heteroatoms. The summed E-state index contributed by atoms with van der Waals surface area (Å²) in [6.07, 6.45) is -1.99. The van der Waals surface area contributed by atoms with Crippen molar-refractivity contribution >= 4 is 39.6 Å². The molecule has 3 rings (SSSR count). The highest BCUT2D eigenvalue weighted by Gasteiger charge is 2.36. The summed E-state index contributed by atoms with van der Waals surface area (Å²) in [4.78, 5) is 49.5. The molecular weight excluding hydrogens is 487 g/mol. The van der Waals surface area contributed by atoms with Crippen LogP contribution in [-0.2, 0) is 33.6 Å². The van der Waals surface area contributed by atoms with Gasteiger partial charge in [0.15, 0.2) is 0 Å². The molecule has 1 aromatic rings. The van der Waals surface area contributed by atoms with Crippen LogP contribution in [0.3, 0.4) is 0 Å². The van der Waals surface area contributed by atoms with Crippen LogP contribution in [0.4, 0.5) is 19.7 Å². The summed E-state index contributed by atoms with van der Waals surface area (Å²) in [5, 5.41) is 0. The van der Waals surface area contributed by atoms with E-state index >= 15 is 0 Å². The fourth-order valence-electron chi connectivity index (χ4n) is 3.90.